The molecule has 0 unspecified atom stereocenters. The second-order valence-electron chi connectivity index (χ2n) is 7.41. The Morgan fingerprint density at radius 3 is 2.71 bits per heavy atom. The molecule has 0 spiro atoms. The molecule has 5 nitrogen and oxygen atoms in total. The van der Waals surface area contributed by atoms with Crippen LogP contribution < -0.4 is 14.2 Å². The van der Waals surface area contributed by atoms with Gasteiger partial charge in [-0.15, -0.1) is 0 Å². The van der Waals surface area contributed by atoms with E-state index in [-0.39, 0.29) is 18.7 Å². The molecule has 2 aromatic rings. The Labute approximate surface area is 166 Å². The lowest BCUT2D eigenvalue weighted by atomic mass is 10.00. The van der Waals surface area contributed by atoms with Gasteiger partial charge in [-0.25, -0.2) is 0 Å². The quantitative estimate of drug-likeness (QED) is 0.765. The number of nitrogens with zero attached hydrogens (tertiary/aromatic N) is 1. The van der Waals surface area contributed by atoms with Crippen LogP contribution >= 0.6 is 0 Å². The molecule has 0 saturated carbocycles. The number of hydrogen-bond donors (Lipinski definition) is 0. The van der Waals surface area contributed by atoms with Crippen molar-refractivity contribution in [1.82, 2.24) is 4.90 Å². The smallest absolute Gasteiger partial charge is 0.231 e. The van der Waals surface area contributed by atoms with E-state index in [9.17, 15) is 4.79 Å². The predicted molar refractivity (Wildman–Crippen MR) is 107 cm³/mol. The molecule has 1 saturated heterocycles. The molecule has 0 radical (unpaired) electrons. The first kappa shape index (κ1) is 18.7. The fourth-order valence-corrected chi connectivity index (χ4v) is 4.07. The Balaban J connectivity index is 1.45. The number of aryl methyl sites for hydroxylation is 1. The molecule has 4 rings (SSSR count). The van der Waals surface area contributed by atoms with Crippen LogP contribution in [0, 0.1) is 0 Å². The van der Waals surface area contributed by atoms with Gasteiger partial charge in [0.25, 0.3) is 0 Å². The average molecular weight is 381 g/mol. The zero-order chi connectivity index (χ0) is 19.3. The van der Waals surface area contributed by atoms with Crippen LogP contribution in [0.4, 0.5) is 0 Å². The summed E-state index contributed by atoms with van der Waals surface area (Å²) in [7, 11) is 1.67. The Kier molecular flexibility index (Phi) is 5.70. The highest BCUT2D eigenvalue weighted by atomic mass is 16.7. The van der Waals surface area contributed by atoms with E-state index in [0.717, 1.165) is 48.6 Å². The second-order valence-corrected chi connectivity index (χ2v) is 7.41. The van der Waals surface area contributed by atoms with Crippen LogP contribution in [0.25, 0.3) is 0 Å². The highest BCUT2D eigenvalue weighted by molar-refractivity contribution is 5.77. The van der Waals surface area contributed by atoms with Gasteiger partial charge < -0.3 is 19.1 Å². The first-order valence-electron chi connectivity index (χ1n) is 10.1. The zero-order valence-electron chi connectivity index (χ0n) is 16.4. The van der Waals surface area contributed by atoms with Crippen LogP contribution in [0.15, 0.2) is 42.5 Å². The lowest BCUT2D eigenvalue weighted by molar-refractivity contribution is -0.133. The summed E-state index contributed by atoms with van der Waals surface area (Å²) in [6, 6.07) is 14.2. The van der Waals surface area contributed by atoms with Crippen LogP contribution in [0.2, 0.25) is 0 Å². The van der Waals surface area contributed by atoms with Gasteiger partial charge in [0.05, 0.1) is 13.2 Å². The zero-order valence-corrected chi connectivity index (χ0v) is 16.4. The fourth-order valence-electron chi connectivity index (χ4n) is 4.07. The molecule has 0 aromatic heterocycles. The highest BCUT2D eigenvalue weighted by Gasteiger charge is 2.26. The van der Waals surface area contributed by atoms with Gasteiger partial charge in [0.1, 0.15) is 5.75 Å². The Morgan fingerprint density at radius 2 is 1.89 bits per heavy atom. The number of rotatable bonds is 5. The normalized spacial score (nSPS) is 18.6. The van der Waals surface area contributed by atoms with Crippen molar-refractivity contribution >= 4 is 5.91 Å². The van der Waals surface area contributed by atoms with E-state index in [2.05, 4.69) is 17.0 Å². The van der Waals surface area contributed by atoms with E-state index in [1.807, 2.05) is 30.3 Å². The van der Waals surface area contributed by atoms with E-state index < -0.39 is 0 Å². The molecule has 0 aliphatic carbocycles. The third kappa shape index (κ3) is 4.08. The molecule has 1 amide bonds. The number of carbonyl (C=O) groups excluding carboxylic acids is 1. The summed E-state index contributed by atoms with van der Waals surface area (Å²) >= 11 is 0. The predicted octanol–water partition coefficient (Wildman–Crippen LogP) is 4.50. The number of carbonyl (C=O) groups is 1. The summed E-state index contributed by atoms with van der Waals surface area (Å²) in [6.07, 6.45) is 5.64. The number of likely N-dealkylation sites (tertiary alicyclic amines) is 1. The van der Waals surface area contributed by atoms with Crippen molar-refractivity contribution in [3.05, 3.63) is 53.6 Å². The molecule has 1 fully saturated rings. The van der Waals surface area contributed by atoms with Gasteiger partial charge in [0.15, 0.2) is 11.5 Å². The summed E-state index contributed by atoms with van der Waals surface area (Å²) in [6.45, 7) is 1.10. The first-order valence-corrected chi connectivity index (χ1v) is 10.1. The summed E-state index contributed by atoms with van der Waals surface area (Å²) in [5, 5.41) is 0. The molecular formula is C23H27NO4. The van der Waals surface area contributed by atoms with Crippen LogP contribution in [-0.2, 0) is 11.2 Å². The molecular weight excluding hydrogens is 354 g/mol. The number of methoxy groups -OCH3 is 1. The average Bonchev–Trinajstić information content (AvgIpc) is 3.06. The first-order chi connectivity index (χ1) is 13.7. The van der Waals surface area contributed by atoms with Gasteiger partial charge in [-0.05, 0) is 54.7 Å². The number of hydrogen-bond acceptors (Lipinski definition) is 4. The molecule has 2 heterocycles. The third-order valence-corrected chi connectivity index (χ3v) is 5.64. The molecule has 148 valence electrons. The van der Waals surface area contributed by atoms with Crippen LogP contribution in [-0.4, -0.2) is 31.3 Å². The Hall–Kier alpha value is -2.69. The number of amides is 1. The lowest BCUT2D eigenvalue weighted by Crippen LogP contribution is -2.35. The van der Waals surface area contributed by atoms with E-state index in [0.29, 0.717) is 12.8 Å². The van der Waals surface area contributed by atoms with Gasteiger partial charge in [0.2, 0.25) is 12.7 Å². The summed E-state index contributed by atoms with van der Waals surface area (Å²) in [5.41, 5.74) is 2.30. The van der Waals surface area contributed by atoms with Gasteiger partial charge in [-0.3, -0.25) is 4.79 Å². The second kappa shape index (κ2) is 8.55. The topological polar surface area (TPSA) is 48.0 Å². The van der Waals surface area contributed by atoms with Crippen LogP contribution in [0.1, 0.15) is 49.3 Å². The molecule has 28 heavy (non-hydrogen) atoms. The van der Waals surface area contributed by atoms with E-state index in [1.54, 1.807) is 7.11 Å². The van der Waals surface area contributed by atoms with Crippen molar-refractivity contribution in [3.63, 3.8) is 0 Å². The Bertz CT molecular complexity index is 818. The molecule has 0 bridgehead atoms. The largest absolute Gasteiger partial charge is 0.497 e. The number of ether oxygens (including phenoxy) is 3. The lowest BCUT2D eigenvalue weighted by Gasteiger charge is -2.31. The van der Waals surface area contributed by atoms with Crippen molar-refractivity contribution in [1.29, 1.82) is 0 Å². The van der Waals surface area contributed by atoms with E-state index in [1.165, 1.54) is 12.0 Å². The maximum absolute atomic E-state index is 13.1. The summed E-state index contributed by atoms with van der Waals surface area (Å²) in [4.78, 5) is 15.2. The van der Waals surface area contributed by atoms with Crippen molar-refractivity contribution in [2.75, 3.05) is 20.4 Å². The molecule has 2 aliphatic heterocycles. The van der Waals surface area contributed by atoms with E-state index >= 15 is 0 Å². The summed E-state index contributed by atoms with van der Waals surface area (Å²) in [5.74, 6) is 2.62. The van der Waals surface area contributed by atoms with Crippen molar-refractivity contribution in [2.24, 2.45) is 0 Å². The Morgan fingerprint density at radius 1 is 1.07 bits per heavy atom. The minimum Gasteiger partial charge on any atom is -0.497 e. The fraction of sp³-hybridized carbons (Fsp3) is 0.435. The highest BCUT2D eigenvalue weighted by Crippen LogP contribution is 2.34. The molecule has 5 heteroatoms. The summed E-state index contributed by atoms with van der Waals surface area (Å²) < 4.78 is 16.1. The maximum Gasteiger partial charge on any atom is 0.231 e. The maximum atomic E-state index is 13.1. The number of fused-ring (bicyclic) bond motifs is 1. The molecule has 2 aromatic carbocycles. The molecule has 0 N–H and O–H groups in total. The molecule has 1 atom stereocenters. The minimum atomic E-state index is 0.151. The molecule has 2 aliphatic rings. The van der Waals surface area contributed by atoms with Crippen molar-refractivity contribution in [2.45, 2.75) is 44.6 Å². The standard InChI is InChI=1S/C23H27NO4/c1-26-19-10-8-18(9-11-19)20-5-3-2-4-14-24(20)23(25)13-7-17-6-12-21-22(15-17)28-16-27-21/h6,8-12,15,20H,2-5,7,13-14,16H2,1H3/t20-/m1/s1. The monoisotopic (exact) mass is 381 g/mol. The van der Waals surface area contributed by atoms with Crippen molar-refractivity contribution in [3.8, 4) is 17.2 Å². The third-order valence-electron chi connectivity index (χ3n) is 5.64. The van der Waals surface area contributed by atoms with Gasteiger partial charge in [-0.1, -0.05) is 31.0 Å². The van der Waals surface area contributed by atoms with E-state index in [4.69, 9.17) is 14.2 Å². The van der Waals surface area contributed by atoms with Crippen LogP contribution in [0.3, 0.4) is 0 Å². The van der Waals surface area contributed by atoms with Crippen LogP contribution in [0.5, 0.6) is 17.2 Å². The van der Waals surface area contributed by atoms with Gasteiger partial charge in [0, 0.05) is 13.0 Å². The van der Waals surface area contributed by atoms with Crippen molar-refractivity contribution < 1.29 is 19.0 Å². The minimum absolute atomic E-state index is 0.151. The van der Waals surface area contributed by atoms with Gasteiger partial charge in [-0.2, -0.15) is 0 Å². The number of benzene rings is 2. The van der Waals surface area contributed by atoms with Gasteiger partial charge >= 0.3 is 0 Å². The SMILES string of the molecule is COc1ccc([C@H]2CCCCCN2C(=O)CCc2ccc3c(c2)OCO3)cc1.